The number of carbonyl (C=O) groups excluding carboxylic acids is 3. The Kier molecular flexibility index (Phi) is 10.7. The van der Waals surface area contributed by atoms with Gasteiger partial charge in [-0.2, -0.15) is 0 Å². The molecule has 2 amide bonds. The summed E-state index contributed by atoms with van der Waals surface area (Å²) in [6, 6.07) is 7.99. The average molecular weight is 615 g/mol. The van der Waals surface area contributed by atoms with Gasteiger partial charge in [0.05, 0.1) is 17.2 Å². The van der Waals surface area contributed by atoms with E-state index < -0.39 is 41.5 Å². The van der Waals surface area contributed by atoms with Crippen LogP contribution in [0.4, 0.5) is 0 Å². The molecule has 6 atom stereocenters. The Morgan fingerprint density at radius 3 is 2.27 bits per heavy atom. The third-order valence-electron chi connectivity index (χ3n) is 8.42. The highest BCUT2D eigenvalue weighted by Gasteiger charge is 2.45. The zero-order valence-corrected chi connectivity index (χ0v) is 25.6. The molecule has 4 rings (SSSR count). The second kappa shape index (κ2) is 14.4. The van der Waals surface area contributed by atoms with Crippen LogP contribution < -0.4 is 5.56 Å². The summed E-state index contributed by atoms with van der Waals surface area (Å²) in [5.74, 6) is -1.79. The van der Waals surface area contributed by atoms with Crippen molar-refractivity contribution in [3.05, 3.63) is 123 Å². The summed E-state index contributed by atoms with van der Waals surface area (Å²) in [7, 11) is 0. The van der Waals surface area contributed by atoms with E-state index in [-0.39, 0.29) is 41.3 Å². The van der Waals surface area contributed by atoms with Crippen molar-refractivity contribution >= 4 is 17.6 Å². The first kappa shape index (κ1) is 33.3. The number of H-pyrrole nitrogens is 1. The number of hydrogen-bond donors (Lipinski definition) is 4. The fraction of sp³-hybridized carbons (Fsp3) is 0.314. The molecule has 0 bridgehead atoms. The molecule has 1 aromatic heterocycles. The Bertz CT molecular complexity index is 1630. The van der Waals surface area contributed by atoms with Gasteiger partial charge >= 0.3 is 0 Å². The fourth-order valence-corrected chi connectivity index (χ4v) is 5.37. The quantitative estimate of drug-likeness (QED) is 0.129. The number of carbonyl (C=O) groups is 3. The summed E-state index contributed by atoms with van der Waals surface area (Å²) in [5.41, 5.74) is 1.05. The minimum Gasteiger partial charge on any atom is -0.507 e. The predicted molar refractivity (Wildman–Crippen MR) is 169 cm³/mol. The van der Waals surface area contributed by atoms with Crippen molar-refractivity contribution in [3.8, 4) is 5.75 Å². The topological polar surface area (TPSA) is 157 Å². The van der Waals surface area contributed by atoms with Crippen LogP contribution >= 0.6 is 0 Å². The van der Waals surface area contributed by atoms with E-state index in [9.17, 15) is 34.5 Å². The largest absolute Gasteiger partial charge is 0.507 e. The van der Waals surface area contributed by atoms with Crippen LogP contribution in [0.1, 0.15) is 58.8 Å². The lowest BCUT2D eigenvalue weighted by molar-refractivity contribution is -0.0209. The standard InChI is InChI=1S/C35H38N2O8/c1-20(12-10-11-19-37-34(43)24-14-8-9-15-25(24)35(37)44)22(3)23(4)32-31(41)30(40)27(45-32)16-7-5-6-13-21(2)29(39)28-26(38)17-18-36-33(28)42/h5-18,22-23,27,30-32,40-41H,19H2,1-4H3,(H2,36,38,42)/b6-5+,11-10+,16-7+,20-12+,21-13+/t22-,23-,27?,30+,31+,32?/m1/s1. The minimum atomic E-state index is -1.13. The molecule has 10 nitrogen and oxygen atoms in total. The minimum absolute atomic E-state index is 0.0228. The fourth-order valence-electron chi connectivity index (χ4n) is 5.37. The first-order chi connectivity index (χ1) is 21.4. The van der Waals surface area contributed by atoms with Crippen molar-refractivity contribution in [2.45, 2.75) is 52.1 Å². The lowest BCUT2D eigenvalue weighted by atomic mass is 9.83. The molecule has 1 saturated heterocycles. The van der Waals surface area contributed by atoms with Crippen LogP contribution in [0.15, 0.2) is 101 Å². The van der Waals surface area contributed by atoms with Crippen molar-refractivity contribution in [3.63, 3.8) is 0 Å². The lowest BCUT2D eigenvalue weighted by Crippen LogP contribution is -2.37. The van der Waals surface area contributed by atoms with Crippen LogP contribution in [0, 0.1) is 11.8 Å². The van der Waals surface area contributed by atoms with E-state index in [1.165, 1.54) is 30.2 Å². The molecular weight excluding hydrogens is 576 g/mol. The average Bonchev–Trinajstić information content (AvgIpc) is 3.44. The van der Waals surface area contributed by atoms with Gasteiger partial charge in [-0.15, -0.1) is 0 Å². The van der Waals surface area contributed by atoms with Crippen LogP contribution in [-0.4, -0.2) is 73.8 Å². The zero-order valence-electron chi connectivity index (χ0n) is 25.6. The Morgan fingerprint density at radius 2 is 1.62 bits per heavy atom. The molecule has 10 heteroatoms. The number of rotatable bonds is 11. The molecule has 0 saturated carbocycles. The van der Waals surface area contributed by atoms with E-state index in [4.69, 9.17) is 4.74 Å². The van der Waals surface area contributed by atoms with Crippen molar-refractivity contribution in [2.24, 2.45) is 11.8 Å². The number of nitrogens with zero attached hydrogens (tertiary/aromatic N) is 1. The molecule has 2 aliphatic heterocycles. The molecular formula is C35H38N2O8. The van der Waals surface area contributed by atoms with Crippen LogP contribution in [0.5, 0.6) is 5.75 Å². The van der Waals surface area contributed by atoms with Crippen LogP contribution in [-0.2, 0) is 4.74 Å². The number of fused-ring (bicyclic) bond motifs is 1. The van der Waals surface area contributed by atoms with Crippen LogP contribution in [0.25, 0.3) is 0 Å². The van der Waals surface area contributed by atoms with Crippen LogP contribution in [0.3, 0.4) is 0 Å². The Morgan fingerprint density at radius 1 is 0.956 bits per heavy atom. The molecule has 45 heavy (non-hydrogen) atoms. The van der Waals surface area contributed by atoms with Gasteiger partial charge in [0.25, 0.3) is 17.4 Å². The van der Waals surface area contributed by atoms with Crippen molar-refractivity contribution in [1.29, 1.82) is 0 Å². The van der Waals surface area contributed by atoms with Gasteiger partial charge in [-0.1, -0.05) is 80.2 Å². The van der Waals surface area contributed by atoms with E-state index in [2.05, 4.69) is 4.98 Å². The molecule has 2 aliphatic rings. The number of ketones is 1. The Balaban J connectivity index is 1.31. The number of allylic oxidation sites excluding steroid dienone is 8. The van der Waals surface area contributed by atoms with E-state index in [0.29, 0.717) is 11.1 Å². The monoisotopic (exact) mass is 614 g/mol. The number of aromatic nitrogens is 1. The zero-order chi connectivity index (χ0) is 32.8. The predicted octanol–water partition coefficient (Wildman–Crippen LogP) is 3.88. The van der Waals surface area contributed by atoms with E-state index >= 15 is 0 Å². The number of nitrogens with one attached hydrogen (secondary N) is 1. The molecule has 1 aromatic carbocycles. The number of aliphatic hydroxyl groups excluding tert-OH is 2. The van der Waals surface area contributed by atoms with Crippen LogP contribution in [0.2, 0.25) is 0 Å². The van der Waals surface area contributed by atoms with Gasteiger partial charge in [-0.25, -0.2) is 0 Å². The van der Waals surface area contributed by atoms with Gasteiger partial charge in [-0.05, 0) is 49.5 Å². The number of benzene rings is 1. The Labute approximate surface area is 261 Å². The molecule has 4 N–H and O–H groups in total. The number of amides is 2. The van der Waals surface area contributed by atoms with Gasteiger partial charge in [-0.3, -0.25) is 24.1 Å². The number of pyridine rings is 1. The molecule has 3 heterocycles. The van der Waals surface area contributed by atoms with Gasteiger partial charge in [0.15, 0.2) is 5.78 Å². The summed E-state index contributed by atoms with van der Waals surface area (Å²) >= 11 is 0. The van der Waals surface area contributed by atoms with E-state index in [0.717, 1.165) is 5.57 Å². The first-order valence-electron chi connectivity index (χ1n) is 14.7. The third-order valence-corrected chi connectivity index (χ3v) is 8.42. The second-order valence-electron chi connectivity index (χ2n) is 11.3. The number of Topliss-reactive ketones (excluding diaryl/α,β-unsaturated/α-hetero) is 1. The number of ether oxygens (including phenoxy) is 1. The van der Waals surface area contributed by atoms with Gasteiger partial charge in [0.1, 0.15) is 29.6 Å². The second-order valence-corrected chi connectivity index (χ2v) is 11.3. The van der Waals surface area contributed by atoms with Crippen molar-refractivity contribution in [2.75, 3.05) is 6.54 Å². The first-order valence-corrected chi connectivity index (χ1v) is 14.7. The number of aromatic amines is 1. The number of imide groups is 1. The number of hydrogen-bond acceptors (Lipinski definition) is 8. The molecule has 0 spiro atoms. The number of aliphatic hydroxyl groups is 2. The highest BCUT2D eigenvalue weighted by atomic mass is 16.5. The smallest absolute Gasteiger partial charge is 0.262 e. The maximum Gasteiger partial charge on any atom is 0.262 e. The van der Waals surface area contributed by atoms with E-state index in [1.807, 2.05) is 26.8 Å². The molecule has 236 valence electrons. The van der Waals surface area contributed by atoms with Gasteiger partial charge in [0, 0.05) is 12.7 Å². The SMILES string of the molecule is C\C(=C/C=C/C=C/C1OC([C@H](C)[C@H](C)/C(C)=C/C=C/CN2C(=O)c3ccccc3C2=O)[C@@H](O)[C@H]1O)C(=O)c1c(O)cc[nH]c1=O. The normalized spacial score (nSPS) is 23.9. The summed E-state index contributed by atoms with van der Waals surface area (Å²) in [6.45, 7) is 7.57. The van der Waals surface area contributed by atoms with Gasteiger partial charge < -0.3 is 25.0 Å². The summed E-state index contributed by atoms with van der Waals surface area (Å²) in [5, 5.41) is 31.2. The summed E-state index contributed by atoms with van der Waals surface area (Å²) in [4.78, 5) is 53.1. The maximum atomic E-state index is 12.5. The van der Waals surface area contributed by atoms with Crippen molar-refractivity contribution in [1.82, 2.24) is 9.88 Å². The highest BCUT2D eigenvalue weighted by molar-refractivity contribution is 6.21. The highest BCUT2D eigenvalue weighted by Crippen LogP contribution is 2.33. The summed E-state index contributed by atoms with van der Waals surface area (Å²) < 4.78 is 6.03. The lowest BCUT2D eigenvalue weighted by Gasteiger charge is -2.28. The van der Waals surface area contributed by atoms with E-state index in [1.54, 1.807) is 60.7 Å². The van der Waals surface area contributed by atoms with Crippen molar-refractivity contribution < 1.29 is 34.4 Å². The third kappa shape index (κ3) is 7.20. The molecule has 2 aromatic rings. The Hall–Kier alpha value is -4.64. The number of aromatic hydroxyl groups is 1. The molecule has 2 unspecified atom stereocenters. The van der Waals surface area contributed by atoms with Gasteiger partial charge in [0.2, 0.25) is 0 Å². The molecule has 0 radical (unpaired) electrons. The molecule has 1 fully saturated rings. The molecule has 0 aliphatic carbocycles. The maximum absolute atomic E-state index is 12.5. The summed E-state index contributed by atoms with van der Waals surface area (Å²) in [6.07, 6.45) is 11.0.